The molecule has 0 fully saturated rings. The van der Waals surface area contributed by atoms with Gasteiger partial charge in [-0.2, -0.15) is 5.10 Å². The molecule has 1 heterocycles. The number of aromatic nitrogens is 3. The Bertz CT molecular complexity index is 347. The number of amides is 1. The van der Waals surface area contributed by atoms with Crippen LogP contribution in [-0.4, -0.2) is 51.2 Å². The third-order valence-corrected chi connectivity index (χ3v) is 3.22. The molecule has 2 atom stereocenters. The second-order valence-corrected chi connectivity index (χ2v) is 4.37. The fourth-order valence-corrected chi connectivity index (χ4v) is 1.91. The van der Waals surface area contributed by atoms with Gasteiger partial charge in [-0.25, -0.2) is 9.67 Å². The van der Waals surface area contributed by atoms with Crippen molar-refractivity contribution in [3.05, 3.63) is 12.7 Å². The van der Waals surface area contributed by atoms with Crippen LogP contribution >= 0.6 is 0 Å². The maximum absolute atomic E-state index is 11.9. The van der Waals surface area contributed by atoms with Crippen LogP contribution in [0.4, 0.5) is 0 Å². The van der Waals surface area contributed by atoms with Crippen molar-refractivity contribution in [1.82, 2.24) is 25.0 Å². The average Bonchev–Trinajstić information content (AvgIpc) is 2.90. The lowest BCUT2D eigenvalue weighted by Gasteiger charge is -2.26. The Morgan fingerprint density at radius 1 is 1.39 bits per heavy atom. The van der Waals surface area contributed by atoms with Crippen LogP contribution in [0.3, 0.4) is 0 Å². The summed E-state index contributed by atoms with van der Waals surface area (Å²) in [6.45, 7) is 10.8. The molecule has 1 aromatic heterocycles. The fourth-order valence-electron chi connectivity index (χ4n) is 1.91. The lowest BCUT2D eigenvalue weighted by molar-refractivity contribution is -0.124. The summed E-state index contributed by atoms with van der Waals surface area (Å²) >= 11 is 0. The Kier molecular flexibility index (Phi) is 5.77. The minimum absolute atomic E-state index is 0.0282. The highest BCUT2D eigenvalue weighted by Gasteiger charge is 2.17. The van der Waals surface area contributed by atoms with Gasteiger partial charge in [0.25, 0.3) is 0 Å². The molecule has 1 amide bonds. The summed E-state index contributed by atoms with van der Waals surface area (Å²) in [7, 11) is 0. The highest BCUT2D eigenvalue weighted by atomic mass is 16.2. The summed E-state index contributed by atoms with van der Waals surface area (Å²) in [6.07, 6.45) is 2.99. The van der Waals surface area contributed by atoms with Crippen LogP contribution < -0.4 is 5.32 Å². The van der Waals surface area contributed by atoms with Crippen molar-refractivity contribution < 1.29 is 4.79 Å². The minimum Gasteiger partial charge on any atom is -0.353 e. The van der Waals surface area contributed by atoms with E-state index in [0.717, 1.165) is 13.1 Å². The maximum atomic E-state index is 11.9. The van der Waals surface area contributed by atoms with E-state index in [1.165, 1.54) is 6.33 Å². The molecule has 0 saturated heterocycles. The zero-order valence-corrected chi connectivity index (χ0v) is 11.6. The van der Waals surface area contributed by atoms with E-state index in [1.54, 1.807) is 11.0 Å². The summed E-state index contributed by atoms with van der Waals surface area (Å²) in [5.74, 6) is -0.0282. The van der Waals surface area contributed by atoms with Crippen molar-refractivity contribution in [1.29, 1.82) is 0 Å². The van der Waals surface area contributed by atoms with Crippen molar-refractivity contribution in [2.45, 2.75) is 39.8 Å². The van der Waals surface area contributed by atoms with E-state index in [1.807, 2.05) is 6.92 Å². The monoisotopic (exact) mass is 253 g/mol. The van der Waals surface area contributed by atoms with Gasteiger partial charge >= 0.3 is 0 Å². The summed E-state index contributed by atoms with van der Waals surface area (Å²) < 4.78 is 1.55. The number of carbonyl (C=O) groups is 1. The Morgan fingerprint density at radius 3 is 2.56 bits per heavy atom. The van der Waals surface area contributed by atoms with Crippen LogP contribution in [-0.2, 0) is 4.79 Å². The molecule has 6 nitrogen and oxygen atoms in total. The number of hydrogen-bond acceptors (Lipinski definition) is 4. The van der Waals surface area contributed by atoms with Gasteiger partial charge in [0.15, 0.2) is 0 Å². The quantitative estimate of drug-likeness (QED) is 0.776. The van der Waals surface area contributed by atoms with Gasteiger partial charge < -0.3 is 5.32 Å². The van der Waals surface area contributed by atoms with E-state index in [-0.39, 0.29) is 11.9 Å². The predicted octanol–water partition coefficient (Wildman–Crippen LogP) is 0.686. The van der Waals surface area contributed by atoms with E-state index >= 15 is 0 Å². The van der Waals surface area contributed by atoms with Crippen LogP contribution in [0.5, 0.6) is 0 Å². The fraction of sp³-hybridized carbons (Fsp3) is 0.750. The number of nitrogens with zero attached hydrogens (tertiary/aromatic N) is 4. The Balaban J connectivity index is 2.41. The number of hydrogen-bond donors (Lipinski definition) is 1. The molecule has 0 aliphatic heterocycles. The van der Waals surface area contributed by atoms with E-state index in [2.05, 4.69) is 41.1 Å². The number of likely N-dealkylation sites (N-methyl/N-ethyl adjacent to an activating group) is 1. The standard InChI is InChI=1S/C12H23N5O/c1-5-16(6-2)10(3)7-14-12(18)11(4)17-9-13-8-15-17/h8-11H,5-7H2,1-4H3,(H,14,18)/t10-,11+/m1/s1. The molecule has 1 aromatic rings. The molecule has 0 aliphatic rings. The van der Waals surface area contributed by atoms with E-state index in [9.17, 15) is 4.79 Å². The highest BCUT2D eigenvalue weighted by Crippen LogP contribution is 2.02. The van der Waals surface area contributed by atoms with Crippen molar-refractivity contribution in [2.75, 3.05) is 19.6 Å². The van der Waals surface area contributed by atoms with Gasteiger partial charge in [0.05, 0.1) is 0 Å². The predicted molar refractivity (Wildman–Crippen MR) is 70.1 cm³/mol. The molecular formula is C12H23N5O. The Morgan fingerprint density at radius 2 is 2.06 bits per heavy atom. The zero-order chi connectivity index (χ0) is 13.5. The first-order valence-electron chi connectivity index (χ1n) is 6.46. The third kappa shape index (κ3) is 3.80. The van der Waals surface area contributed by atoms with Gasteiger partial charge in [0.1, 0.15) is 18.7 Å². The number of nitrogens with one attached hydrogen (secondary N) is 1. The van der Waals surface area contributed by atoms with E-state index < -0.39 is 0 Å². The van der Waals surface area contributed by atoms with Gasteiger partial charge in [-0.3, -0.25) is 9.69 Å². The van der Waals surface area contributed by atoms with Crippen LogP contribution in [0.25, 0.3) is 0 Å². The summed E-state index contributed by atoms with van der Waals surface area (Å²) in [5, 5.41) is 6.92. The molecule has 102 valence electrons. The third-order valence-electron chi connectivity index (χ3n) is 3.22. The van der Waals surface area contributed by atoms with Gasteiger partial charge in [0, 0.05) is 12.6 Å². The lowest BCUT2D eigenvalue weighted by atomic mass is 10.2. The SMILES string of the molecule is CCN(CC)[C@H](C)CNC(=O)[C@H](C)n1cncn1. The first-order valence-corrected chi connectivity index (χ1v) is 6.46. The normalized spacial score (nSPS) is 14.5. The molecule has 0 saturated carbocycles. The first kappa shape index (κ1) is 14.6. The second-order valence-electron chi connectivity index (χ2n) is 4.37. The molecular weight excluding hydrogens is 230 g/mol. The smallest absolute Gasteiger partial charge is 0.244 e. The van der Waals surface area contributed by atoms with Gasteiger partial charge in [-0.1, -0.05) is 13.8 Å². The molecule has 0 bridgehead atoms. The van der Waals surface area contributed by atoms with Gasteiger partial charge in [-0.15, -0.1) is 0 Å². The Labute approximate surface area is 108 Å². The van der Waals surface area contributed by atoms with E-state index in [0.29, 0.717) is 12.6 Å². The molecule has 18 heavy (non-hydrogen) atoms. The van der Waals surface area contributed by atoms with Crippen LogP contribution in [0, 0.1) is 0 Å². The molecule has 0 aromatic carbocycles. The minimum atomic E-state index is -0.323. The van der Waals surface area contributed by atoms with Crippen molar-refractivity contribution in [3.63, 3.8) is 0 Å². The van der Waals surface area contributed by atoms with Crippen LogP contribution in [0.1, 0.15) is 33.7 Å². The average molecular weight is 253 g/mol. The topological polar surface area (TPSA) is 63.1 Å². The Hall–Kier alpha value is -1.43. The number of carbonyl (C=O) groups excluding carboxylic acids is 1. The molecule has 1 N–H and O–H groups in total. The first-order chi connectivity index (χ1) is 8.60. The van der Waals surface area contributed by atoms with Crippen molar-refractivity contribution in [2.24, 2.45) is 0 Å². The van der Waals surface area contributed by atoms with Gasteiger partial charge in [0.2, 0.25) is 5.91 Å². The summed E-state index contributed by atoms with van der Waals surface area (Å²) in [4.78, 5) is 18.1. The molecule has 1 rings (SSSR count). The molecule has 0 unspecified atom stereocenters. The van der Waals surface area contributed by atoms with Crippen molar-refractivity contribution >= 4 is 5.91 Å². The van der Waals surface area contributed by atoms with Crippen LogP contribution in [0.2, 0.25) is 0 Å². The number of rotatable bonds is 7. The highest BCUT2D eigenvalue weighted by molar-refractivity contribution is 5.79. The van der Waals surface area contributed by atoms with Gasteiger partial charge in [-0.05, 0) is 26.9 Å². The lowest BCUT2D eigenvalue weighted by Crippen LogP contribution is -2.43. The maximum Gasteiger partial charge on any atom is 0.244 e. The second kappa shape index (κ2) is 7.10. The molecule has 0 radical (unpaired) electrons. The summed E-state index contributed by atoms with van der Waals surface area (Å²) in [6, 6.07) is 0.0169. The molecule has 6 heteroatoms. The van der Waals surface area contributed by atoms with E-state index in [4.69, 9.17) is 0 Å². The summed E-state index contributed by atoms with van der Waals surface area (Å²) in [5.41, 5.74) is 0. The molecule has 0 spiro atoms. The van der Waals surface area contributed by atoms with Crippen molar-refractivity contribution in [3.8, 4) is 0 Å². The zero-order valence-electron chi connectivity index (χ0n) is 11.6. The van der Waals surface area contributed by atoms with Crippen LogP contribution in [0.15, 0.2) is 12.7 Å². The largest absolute Gasteiger partial charge is 0.353 e. The molecule has 0 aliphatic carbocycles.